The minimum atomic E-state index is 1.19. The van der Waals surface area contributed by atoms with Gasteiger partial charge in [-0.3, -0.25) is 0 Å². The third-order valence-corrected chi connectivity index (χ3v) is 1.06. The first-order valence-corrected chi connectivity index (χ1v) is 3.16. The lowest BCUT2D eigenvalue weighted by Crippen LogP contribution is -2.00. The largest absolute Gasteiger partial charge is 0.392 e. The van der Waals surface area contributed by atoms with Crippen molar-refractivity contribution in [1.29, 1.82) is 0 Å². The molecule has 0 aromatic heterocycles. The molecule has 0 rings (SSSR count). The maximum Gasteiger partial charge on any atom is 0.00724 e. The molecule has 0 unspecified atom stereocenters. The van der Waals surface area contributed by atoms with Crippen LogP contribution in [0, 0.1) is 0 Å². The lowest BCUT2D eigenvalue weighted by atomic mass is 10.3. The summed E-state index contributed by atoms with van der Waals surface area (Å²) < 4.78 is 0. The molecule has 0 heterocycles. The van der Waals surface area contributed by atoms with Crippen LogP contribution in [0.3, 0.4) is 0 Å². The average molecular weight is 125 g/mol. The number of allylic oxidation sites excluding steroid dienone is 4. The molecule has 1 heteroatoms. The van der Waals surface area contributed by atoms with Crippen LogP contribution in [0.5, 0.6) is 0 Å². The van der Waals surface area contributed by atoms with Crippen LogP contribution in [0.15, 0.2) is 23.4 Å². The second kappa shape index (κ2) is 4.19. The summed E-state index contributed by atoms with van der Waals surface area (Å²) in [5.41, 5.74) is 2.51. The van der Waals surface area contributed by atoms with Crippen molar-refractivity contribution in [1.82, 2.24) is 5.32 Å². The fourth-order valence-electron chi connectivity index (χ4n) is 0.375. The van der Waals surface area contributed by atoms with Crippen molar-refractivity contribution in [2.75, 3.05) is 7.05 Å². The van der Waals surface area contributed by atoms with Crippen LogP contribution in [-0.2, 0) is 0 Å². The quantitative estimate of drug-likeness (QED) is 0.557. The molecule has 52 valence electrons. The molecule has 0 fully saturated rings. The van der Waals surface area contributed by atoms with E-state index in [1.807, 2.05) is 14.0 Å². The Morgan fingerprint density at radius 3 is 2.00 bits per heavy atom. The van der Waals surface area contributed by atoms with Gasteiger partial charge in [-0.2, -0.15) is 0 Å². The van der Waals surface area contributed by atoms with E-state index < -0.39 is 0 Å². The highest BCUT2D eigenvalue weighted by Gasteiger charge is 1.76. The summed E-state index contributed by atoms with van der Waals surface area (Å²) in [5, 5.41) is 3.04. The van der Waals surface area contributed by atoms with E-state index in [9.17, 15) is 0 Å². The van der Waals surface area contributed by atoms with Gasteiger partial charge in [-0.1, -0.05) is 11.6 Å². The highest BCUT2D eigenvalue weighted by Crippen LogP contribution is 1.91. The number of hydrogen-bond donors (Lipinski definition) is 1. The Kier molecular flexibility index (Phi) is 3.85. The predicted octanol–water partition coefficient (Wildman–Crippen LogP) is 2.08. The van der Waals surface area contributed by atoms with Crippen LogP contribution in [-0.4, -0.2) is 7.05 Å². The summed E-state index contributed by atoms with van der Waals surface area (Å²) in [7, 11) is 1.92. The van der Waals surface area contributed by atoms with Crippen LogP contribution in [0.4, 0.5) is 0 Å². The Labute approximate surface area is 57.5 Å². The molecule has 1 N–H and O–H groups in total. The fourth-order valence-corrected chi connectivity index (χ4v) is 0.375. The van der Waals surface area contributed by atoms with Gasteiger partial charge in [0.2, 0.25) is 0 Å². The number of hydrogen-bond acceptors (Lipinski definition) is 1. The Balaban J connectivity index is 3.83. The molecule has 0 aromatic carbocycles. The Bertz CT molecular complexity index is 128. The molecule has 0 aromatic rings. The highest BCUT2D eigenvalue weighted by atomic mass is 14.8. The summed E-state index contributed by atoms with van der Waals surface area (Å²) in [5.74, 6) is 0. The van der Waals surface area contributed by atoms with Crippen LogP contribution < -0.4 is 5.32 Å². The van der Waals surface area contributed by atoms with Gasteiger partial charge >= 0.3 is 0 Å². The van der Waals surface area contributed by atoms with Gasteiger partial charge in [0.15, 0.2) is 0 Å². The molecule has 0 aliphatic heterocycles. The minimum absolute atomic E-state index is 1.19. The van der Waals surface area contributed by atoms with Crippen LogP contribution in [0.25, 0.3) is 0 Å². The minimum Gasteiger partial charge on any atom is -0.392 e. The topological polar surface area (TPSA) is 12.0 Å². The molecule has 0 bridgehead atoms. The van der Waals surface area contributed by atoms with Gasteiger partial charge in [0, 0.05) is 12.7 Å². The predicted molar refractivity (Wildman–Crippen MR) is 42.2 cm³/mol. The van der Waals surface area contributed by atoms with Crippen LogP contribution >= 0.6 is 0 Å². The van der Waals surface area contributed by atoms with Crippen molar-refractivity contribution in [3.05, 3.63) is 23.4 Å². The maximum atomic E-state index is 3.04. The van der Waals surface area contributed by atoms with E-state index in [4.69, 9.17) is 0 Å². The molecule has 0 aliphatic rings. The smallest absolute Gasteiger partial charge is 0.00724 e. The number of rotatable bonds is 2. The molecule has 0 atom stereocenters. The average Bonchev–Trinajstić information content (AvgIpc) is 1.83. The van der Waals surface area contributed by atoms with Crippen molar-refractivity contribution < 1.29 is 0 Å². The van der Waals surface area contributed by atoms with Crippen LogP contribution in [0.1, 0.15) is 20.8 Å². The van der Waals surface area contributed by atoms with Crippen LogP contribution in [0.2, 0.25) is 0 Å². The summed E-state index contributed by atoms with van der Waals surface area (Å²) >= 11 is 0. The molecule has 0 radical (unpaired) electrons. The normalized spacial score (nSPS) is 10.9. The van der Waals surface area contributed by atoms with Gasteiger partial charge in [-0.15, -0.1) is 0 Å². The molecular formula is C8H15N. The summed E-state index contributed by atoms with van der Waals surface area (Å²) in [6, 6.07) is 0. The van der Waals surface area contributed by atoms with E-state index in [-0.39, 0.29) is 0 Å². The van der Waals surface area contributed by atoms with Gasteiger partial charge in [0.1, 0.15) is 0 Å². The molecule has 0 aliphatic carbocycles. The molecule has 9 heavy (non-hydrogen) atoms. The third kappa shape index (κ3) is 5.15. The van der Waals surface area contributed by atoms with Gasteiger partial charge in [0.05, 0.1) is 0 Å². The maximum absolute atomic E-state index is 3.04. The van der Waals surface area contributed by atoms with E-state index in [0.717, 1.165) is 0 Å². The first-order chi connectivity index (χ1) is 4.16. The Hall–Kier alpha value is -0.720. The summed E-state index contributed by atoms with van der Waals surface area (Å²) in [6.07, 6.45) is 4.15. The first-order valence-electron chi connectivity index (χ1n) is 3.16. The Morgan fingerprint density at radius 1 is 1.11 bits per heavy atom. The lowest BCUT2D eigenvalue weighted by Gasteiger charge is -1.94. The summed E-state index contributed by atoms with van der Waals surface area (Å²) in [4.78, 5) is 0. The first kappa shape index (κ1) is 8.28. The van der Waals surface area contributed by atoms with Gasteiger partial charge in [0.25, 0.3) is 0 Å². The molecule has 1 nitrogen and oxygen atoms in total. The van der Waals surface area contributed by atoms with Gasteiger partial charge in [-0.05, 0) is 26.8 Å². The fraction of sp³-hybridized carbons (Fsp3) is 0.500. The van der Waals surface area contributed by atoms with E-state index in [1.165, 1.54) is 11.3 Å². The van der Waals surface area contributed by atoms with Gasteiger partial charge < -0.3 is 5.32 Å². The van der Waals surface area contributed by atoms with E-state index in [0.29, 0.717) is 0 Å². The molecule has 0 saturated carbocycles. The van der Waals surface area contributed by atoms with Crippen molar-refractivity contribution in [2.45, 2.75) is 20.8 Å². The van der Waals surface area contributed by atoms with Crippen molar-refractivity contribution in [3.8, 4) is 0 Å². The zero-order valence-corrected chi connectivity index (χ0v) is 6.65. The standard InChI is InChI=1S/C8H15N/c1-7(2)5-6-8(3)9-4/h5-6,9H,1-4H3/b8-6-. The summed E-state index contributed by atoms with van der Waals surface area (Å²) in [6.45, 7) is 6.21. The second-order valence-corrected chi connectivity index (χ2v) is 2.34. The van der Waals surface area contributed by atoms with E-state index >= 15 is 0 Å². The molecule has 0 amide bonds. The van der Waals surface area contributed by atoms with Crippen molar-refractivity contribution in [2.24, 2.45) is 0 Å². The lowest BCUT2D eigenvalue weighted by molar-refractivity contribution is 0.990. The van der Waals surface area contributed by atoms with E-state index in [2.05, 4.69) is 31.3 Å². The highest BCUT2D eigenvalue weighted by molar-refractivity contribution is 5.12. The molecular weight excluding hydrogens is 110 g/mol. The zero-order chi connectivity index (χ0) is 7.28. The monoisotopic (exact) mass is 125 g/mol. The van der Waals surface area contributed by atoms with E-state index in [1.54, 1.807) is 0 Å². The number of nitrogens with one attached hydrogen (secondary N) is 1. The molecule has 0 spiro atoms. The van der Waals surface area contributed by atoms with Crippen molar-refractivity contribution in [3.63, 3.8) is 0 Å². The van der Waals surface area contributed by atoms with Gasteiger partial charge in [-0.25, -0.2) is 0 Å². The SMILES string of the molecule is CN/C(C)=C\C=C(C)C. The second-order valence-electron chi connectivity index (χ2n) is 2.34. The van der Waals surface area contributed by atoms with Crippen molar-refractivity contribution >= 4 is 0 Å². The third-order valence-electron chi connectivity index (χ3n) is 1.06. The molecule has 0 saturated heterocycles. The zero-order valence-electron chi connectivity index (χ0n) is 6.65. The Morgan fingerprint density at radius 2 is 1.67 bits per heavy atom.